The largest absolute Gasteiger partial charge is 0.493 e. The first kappa shape index (κ1) is 21.0. The summed E-state index contributed by atoms with van der Waals surface area (Å²) in [6, 6.07) is 11.8. The lowest BCUT2D eigenvalue weighted by molar-refractivity contribution is 0.171. The monoisotopic (exact) mass is 394 g/mol. The van der Waals surface area contributed by atoms with Gasteiger partial charge in [-0.1, -0.05) is 23.7 Å². The number of hydrogen-bond donors (Lipinski definition) is 0. The molecule has 0 aliphatic heterocycles. The van der Waals surface area contributed by atoms with Crippen LogP contribution in [0, 0.1) is 5.82 Å². The molecule has 0 aliphatic rings. The SMILES string of the molecule is CN(C)C(=O)Oc1cccc(C(CCOc2ccc(F)c(Cl)c2)N(C)C)c1. The minimum Gasteiger partial charge on any atom is -0.493 e. The van der Waals surface area contributed by atoms with Crippen LogP contribution >= 0.6 is 11.6 Å². The molecule has 0 aromatic heterocycles. The molecule has 2 aromatic carbocycles. The minimum atomic E-state index is -0.473. The number of hydrogen-bond acceptors (Lipinski definition) is 4. The Morgan fingerprint density at radius 3 is 2.48 bits per heavy atom. The number of halogens is 2. The fourth-order valence-electron chi connectivity index (χ4n) is 2.56. The average molecular weight is 395 g/mol. The third kappa shape index (κ3) is 6.12. The van der Waals surface area contributed by atoms with Crippen molar-refractivity contribution in [1.82, 2.24) is 9.80 Å². The van der Waals surface area contributed by atoms with Crippen LogP contribution in [0.15, 0.2) is 42.5 Å². The fourth-order valence-corrected chi connectivity index (χ4v) is 2.73. The Balaban J connectivity index is 2.04. The molecule has 7 heteroatoms. The normalized spacial score (nSPS) is 12.0. The molecule has 1 unspecified atom stereocenters. The summed E-state index contributed by atoms with van der Waals surface area (Å²) in [6.45, 7) is 0.423. The van der Waals surface area contributed by atoms with Crippen molar-refractivity contribution < 1.29 is 18.7 Å². The molecule has 1 amide bonds. The van der Waals surface area contributed by atoms with Gasteiger partial charge in [-0.3, -0.25) is 0 Å². The van der Waals surface area contributed by atoms with Gasteiger partial charge in [0.05, 0.1) is 11.6 Å². The maximum atomic E-state index is 13.2. The second kappa shape index (κ2) is 9.58. The molecule has 0 saturated carbocycles. The van der Waals surface area contributed by atoms with E-state index in [-0.39, 0.29) is 11.1 Å². The summed E-state index contributed by atoms with van der Waals surface area (Å²) < 4.78 is 24.3. The molecule has 0 spiro atoms. The topological polar surface area (TPSA) is 42.0 Å². The summed E-state index contributed by atoms with van der Waals surface area (Å²) in [5.74, 6) is 0.538. The Kier molecular flexibility index (Phi) is 7.45. The number of carbonyl (C=O) groups excluding carboxylic acids is 1. The van der Waals surface area contributed by atoms with Crippen molar-refractivity contribution in [1.29, 1.82) is 0 Å². The van der Waals surface area contributed by atoms with Gasteiger partial charge in [0.15, 0.2) is 0 Å². The lowest BCUT2D eigenvalue weighted by Gasteiger charge is -2.25. The predicted molar refractivity (Wildman–Crippen MR) is 104 cm³/mol. The van der Waals surface area contributed by atoms with Gasteiger partial charge in [-0.15, -0.1) is 0 Å². The third-order valence-corrected chi connectivity index (χ3v) is 4.28. The molecule has 0 N–H and O–H groups in total. The Morgan fingerprint density at radius 1 is 1.11 bits per heavy atom. The van der Waals surface area contributed by atoms with Crippen LogP contribution in [-0.4, -0.2) is 50.7 Å². The van der Waals surface area contributed by atoms with E-state index in [1.807, 2.05) is 32.3 Å². The molecule has 2 aromatic rings. The zero-order chi connectivity index (χ0) is 20.0. The van der Waals surface area contributed by atoms with Crippen molar-refractivity contribution in [3.8, 4) is 11.5 Å². The summed E-state index contributed by atoms with van der Waals surface area (Å²) in [7, 11) is 7.21. The fraction of sp³-hybridized carbons (Fsp3) is 0.350. The quantitative estimate of drug-likeness (QED) is 0.687. The summed E-state index contributed by atoms with van der Waals surface area (Å²) >= 11 is 5.77. The molecule has 2 rings (SSSR count). The van der Waals surface area contributed by atoms with E-state index in [4.69, 9.17) is 21.1 Å². The maximum Gasteiger partial charge on any atom is 0.414 e. The standard InChI is InChI=1S/C20H24ClFN2O3/c1-23(2)19(10-11-26-15-8-9-18(22)17(21)13-15)14-6-5-7-16(12-14)27-20(25)24(3)4/h5-9,12-13,19H,10-11H2,1-4H3. The zero-order valence-electron chi connectivity index (χ0n) is 15.9. The molecular formula is C20H24ClFN2O3. The number of nitrogens with zero attached hydrogens (tertiary/aromatic N) is 2. The van der Waals surface area contributed by atoms with Crippen LogP contribution in [0.1, 0.15) is 18.0 Å². The van der Waals surface area contributed by atoms with Gasteiger partial charge in [-0.25, -0.2) is 9.18 Å². The molecule has 1 atom stereocenters. The average Bonchev–Trinajstić information content (AvgIpc) is 2.61. The van der Waals surface area contributed by atoms with Gasteiger partial charge >= 0.3 is 6.09 Å². The Hall–Kier alpha value is -2.31. The van der Waals surface area contributed by atoms with Crippen molar-refractivity contribution >= 4 is 17.7 Å². The molecule has 0 radical (unpaired) electrons. The van der Waals surface area contributed by atoms with Gasteiger partial charge < -0.3 is 19.3 Å². The maximum absolute atomic E-state index is 13.2. The van der Waals surface area contributed by atoms with E-state index in [0.29, 0.717) is 24.5 Å². The highest BCUT2D eigenvalue weighted by atomic mass is 35.5. The van der Waals surface area contributed by atoms with Gasteiger partial charge in [0.1, 0.15) is 17.3 Å². The number of benzene rings is 2. The lowest BCUT2D eigenvalue weighted by atomic mass is 10.0. The number of ether oxygens (including phenoxy) is 2. The predicted octanol–water partition coefficient (Wildman–Crippen LogP) is 4.61. The highest BCUT2D eigenvalue weighted by Gasteiger charge is 2.16. The molecule has 0 bridgehead atoms. The van der Waals surface area contributed by atoms with Gasteiger partial charge in [0, 0.05) is 32.6 Å². The second-order valence-corrected chi connectivity index (χ2v) is 6.93. The van der Waals surface area contributed by atoms with Crippen LogP contribution in [0.25, 0.3) is 0 Å². The van der Waals surface area contributed by atoms with Gasteiger partial charge in [-0.05, 0) is 43.9 Å². The molecular weight excluding hydrogens is 371 g/mol. The van der Waals surface area contributed by atoms with Crippen LogP contribution in [0.5, 0.6) is 11.5 Å². The Bertz CT molecular complexity index is 784. The molecule has 5 nitrogen and oxygen atoms in total. The number of amides is 1. The van der Waals surface area contributed by atoms with E-state index in [0.717, 1.165) is 5.56 Å². The van der Waals surface area contributed by atoms with Crippen molar-refractivity contribution in [2.24, 2.45) is 0 Å². The van der Waals surface area contributed by atoms with Crippen molar-refractivity contribution in [3.05, 3.63) is 58.9 Å². The van der Waals surface area contributed by atoms with E-state index in [9.17, 15) is 9.18 Å². The lowest BCUT2D eigenvalue weighted by Crippen LogP contribution is -2.25. The van der Waals surface area contributed by atoms with Crippen LogP contribution < -0.4 is 9.47 Å². The molecule has 27 heavy (non-hydrogen) atoms. The minimum absolute atomic E-state index is 0.0343. The Morgan fingerprint density at radius 2 is 1.85 bits per heavy atom. The zero-order valence-corrected chi connectivity index (χ0v) is 16.7. The molecule has 0 heterocycles. The second-order valence-electron chi connectivity index (χ2n) is 6.53. The van der Waals surface area contributed by atoms with Gasteiger partial charge in [0.25, 0.3) is 0 Å². The highest BCUT2D eigenvalue weighted by molar-refractivity contribution is 6.30. The molecule has 146 valence electrons. The summed E-state index contributed by atoms with van der Waals surface area (Å²) in [5.41, 5.74) is 1.00. The van der Waals surface area contributed by atoms with Crippen molar-refractivity contribution in [3.63, 3.8) is 0 Å². The van der Waals surface area contributed by atoms with E-state index in [1.165, 1.54) is 17.0 Å². The van der Waals surface area contributed by atoms with Gasteiger partial charge in [0.2, 0.25) is 0 Å². The summed E-state index contributed by atoms with van der Waals surface area (Å²) in [4.78, 5) is 15.2. The first-order valence-corrected chi connectivity index (χ1v) is 8.89. The van der Waals surface area contributed by atoms with Crippen LogP contribution in [0.2, 0.25) is 5.02 Å². The van der Waals surface area contributed by atoms with Crippen LogP contribution in [0.4, 0.5) is 9.18 Å². The smallest absolute Gasteiger partial charge is 0.414 e. The van der Waals surface area contributed by atoms with Gasteiger partial charge in [-0.2, -0.15) is 0 Å². The van der Waals surface area contributed by atoms with E-state index < -0.39 is 11.9 Å². The third-order valence-electron chi connectivity index (χ3n) is 3.99. The first-order valence-electron chi connectivity index (χ1n) is 8.51. The van der Waals surface area contributed by atoms with E-state index >= 15 is 0 Å². The van der Waals surface area contributed by atoms with Crippen molar-refractivity contribution in [2.75, 3.05) is 34.8 Å². The highest BCUT2D eigenvalue weighted by Crippen LogP contribution is 2.27. The van der Waals surface area contributed by atoms with Crippen LogP contribution in [0.3, 0.4) is 0 Å². The van der Waals surface area contributed by atoms with E-state index in [1.54, 1.807) is 26.2 Å². The summed E-state index contributed by atoms with van der Waals surface area (Å²) in [5, 5.41) is 0.0343. The van der Waals surface area contributed by atoms with Crippen LogP contribution in [-0.2, 0) is 0 Å². The van der Waals surface area contributed by atoms with E-state index in [2.05, 4.69) is 4.90 Å². The van der Waals surface area contributed by atoms with Crippen molar-refractivity contribution in [2.45, 2.75) is 12.5 Å². The number of rotatable bonds is 7. The molecule has 0 saturated heterocycles. The first-order chi connectivity index (χ1) is 12.8. The summed E-state index contributed by atoms with van der Waals surface area (Å²) in [6.07, 6.45) is 0.262. The molecule has 0 aliphatic carbocycles. The number of carbonyl (C=O) groups is 1. The molecule has 0 fully saturated rings. The Labute approximate surface area is 164 Å².